The van der Waals surface area contributed by atoms with E-state index >= 15 is 0 Å². The van der Waals surface area contributed by atoms with E-state index in [1.54, 1.807) is 11.8 Å². The molecule has 114 valence electrons. The van der Waals surface area contributed by atoms with E-state index in [4.69, 9.17) is 10.9 Å². The number of amidine groups is 1. The van der Waals surface area contributed by atoms with E-state index in [0.717, 1.165) is 12.1 Å². The lowest BCUT2D eigenvalue weighted by atomic mass is 9.82. The van der Waals surface area contributed by atoms with Gasteiger partial charge < -0.3 is 15.8 Å². The van der Waals surface area contributed by atoms with Gasteiger partial charge in [-0.3, -0.25) is 4.79 Å². The number of benzene rings is 1. The first-order chi connectivity index (χ1) is 9.93. The highest BCUT2D eigenvalue weighted by Gasteiger charge is 2.41. The lowest BCUT2D eigenvalue weighted by Crippen LogP contribution is -2.52. The molecule has 1 heterocycles. The number of fused-ring (bicyclic) bond motifs is 1. The van der Waals surface area contributed by atoms with Gasteiger partial charge in [0.2, 0.25) is 5.91 Å². The summed E-state index contributed by atoms with van der Waals surface area (Å²) in [6.07, 6.45) is 1.45. The third-order valence-corrected chi connectivity index (χ3v) is 4.44. The van der Waals surface area contributed by atoms with Gasteiger partial charge in [-0.2, -0.15) is 0 Å². The normalized spacial score (nSPS) is 21.6. The minimum absolute atomic E-state index is 0.0364. The lowest BCUT2D eigenvalue weighted by Gasteiger charge is -2.38. The fraction of sp³-hybridized carbons (Fsp3) is 0.500. The van der Waals surface area contributed by atoms with E-state index in [-0.39, 0.29) is 11.7 Å². The molecule has 3 N–H and O–H groups in total. The summed E-state index contributed by atoms with van der Waals surface area (Å²) in [7, 11) is 0. The second-order valence-corrected chi connectivity index (χ2v) is 6.02. The van der Waals surface area contributed by atoms with Crippen molar-refractivity contribution in [3.63, 3.8) is 0 Å². The number of oxime groups is 1. The molecular weight excluding hydrogens is 266 g/mol. The van der Waals surface area contributed by atoms with Crippen molar-refractivity contribution in [1.82, 2.24) is 0 Å². The first kappa shape index (κ1) is 15.4. The van der Waals surface area contributed by atoms with Crippen LogP contribution in [0.15, 0.2) is 29.4 Å². The second-order valence-electron chi connectivity index (χ2n) is 6.02. The molecule has 5 nitrogen and oxygen atoms in total. The van der Waals surface area contributed by atoms with Gasteiger partial charge in [0.05, 0.1) is 0 Å². The van der Waals surface area contributed by atoms with Crippen molar-refractivity contribution in [3.05, 3.63) is 29.8 Å². The van der Waals surface area contributed by atoms with Gasteiger partial charge in [-0.15, -0.1) is 0 Å². The Morgan fingerprint density at radius 3 is 2.81 bits per heavy atom. The van der Waals surface area contributed by atoms with Crippen molar-refractivity contribution in [1.29, 1.82) is 0 Å². The molecule has 0 saturated heterocycles. The number of hydrogen-bond acceptors (Lipinski definition) is 3. The summed E-state index contributed by atoms with van der Waals surface area (Å²) in [5.74, 6) is 0.238. The summed E-state index contributed by atoms with van der Waals surface area (Å²) < 4.78 is 0. The van der Waals surface area contributed by atoms with Crippen LogP contribution < -0.4 is 10.6 Å². The van der Waals surface area contributed by atoms with Gasteiger partial charge in [0.15, 0.2) is 5.84 Å². The fourth-order valence-electron chi connectivity index (χ4n) is 2.84. The Morgan fingerprint density at radius 1 is 1.52 bits per heavy atom. The zero-order valence-electron chi connectivity index (χ0n) is 12.8. The smallest absolute Gasteiger partial charge is 0.240 e. The highest BCUT2D eigenvalue weighted by molar-refractivity contribution is 6.12. The topological polar surface area (TPSA) is 78.9 Å². The molecule has 1 aromatic carbocycles. The van der Waals surface area contributed by atoms with Crippen LogP contribution in [0.1, 0.15) is 32.8 Å². The average Bonchev–Trinajstić information content (AvgIpc) is 2.51. The molecule has 0 bridgehead atoms. The monoisotopic (exact) mass is 289 g/mol. The zero-order valence-corrected chi connectivity index (χ0v) is 12.8. The molecule has 1 aliphatic heterocycles. The third kappa shape index (κ3) is 2.60. The summed E-state index contributed by atoms with van der Waals surface area (Å²) in [5.41, 5.74) is 6.89. The van der Waals surface area contributed by atoms with Crippen molar-refractivity contribution < 1.29 is 10.0 Å². The van der Waals surface area contributed by atoms with Crippen LogP contribution in [0.3, 0.4) is 0 Å². The number of rotatable bonds is 3. The molecule has 2 atom stereocenters. The summed E-state index contributed by atoms with van der Waals surface area (Å²) in [6, 6.07) is 7.93. The fourth-order valence-corrected chi connectivity index (χ4v) is 2.84. The summed E-state index contributed by atoms with van der Waals surface area (Å²) in [4.78, 5) is 14.8. The SMILES string of the molecule is CCC(C)(C(=O)N1CC(C)Cc2ccccc21)/C(N)=N/O. The van der Waals surface area contributed by atoms with E-state index in [0.29, 0.717) is 18.9 Å². The number of carbonyl (C=O) groups excluding carboxylic acids is 1. The zero-order chi connectivity index (χ0) is 15.6. The lowest BCUT2D eigenvalue weighted by molar-refractivity contribution is -0.124. The van der Waals surface area contributed by atoms with E-state index in [9.17, 15) is 4.79 Å². The molecule has 1 aromatic rings. The van der Waals surface area contributed by atoms with Crippen LogP contribution in [0.5, 0.6) is 0 Å². The first-order valence-corrected chi connectivity index (χ1v) is 7.32. The highest BCUT2D eigenvalue weighted by Crippen LogP contribution is 2.34. The first-order valence-electron chi connectivity index (χ1n) is 7.32. The Balaban J connectivity index is 2.44. The largest absolute Gasteiger partial charge is 0.409 e. The van der Waals surface area contributed by atoms with Gasteiger partial charge in [0, 0.05) is 12.2 Å². The van der Waals surface area contributed by atoms with Crippen molar-refractivity contribution in [3.8, 4) is 0 Å². The Bertz CT molecular complexity index is 570. The standard InChI is InChI=1S/C16H23N3O2/c1-4-16(3,14(17)18-21)15(20)19-10-11(2)9-12-7-5-6-8-13(12)19/h5-8,11,21H,4,9-10H2,1-3H3,(H2,17,18). The summed E-state index contributed by atoms with van der Waals surface area (Å²) in [6.45, 7) is 6.38. The Morgan fingerprint density at radius 2 is 2.19 bits per heavy atom. The summed E-state index contributed by atoms with van der Waals surface area (Å²) >= 11 is 0. The third-order valence-electron chi connectivity index (χ3n) is 4.44. The molecule has 0 aliphatic carbocycles. The number of anilines is 1. The van der Waals surface area contributed by atoms with Crippen molar-refractivity contribution >= 4 is 17.4 Å². The predicted octanol–water partition coefficient (Wildman–Crippen LogP) is 2.37. The number of hydrogen-bond donors (Lipinski definition) is 2. The number of nitrogens with zero attached hydrogens (tertiary/aromatic N) is 2. The molecule has 5 heteroatoms. The van der Waals surface area contributed by atoms with Gasteiger partial charge in [0.25, 0.3) is 0 Å². The molecule has 0 radical (unpaired) electrons. The van der Waals surface area contributed by atoms with Gasteiger partial charge in [-0.1, -0.05) is 37.2 Å². The van der Waals surface area contributed by atoms with Gasteiger partial charge in [0.1, 0.15) is 5.41 Å². The molecule has 0 saturated carbocycles. The Labute approximate surface area is 125 Å². The van der Waals surface area contributed by atoms with Crippen LogP contribution in [0.25, 0.3) is 0 Å². The van der Waals surface area contributed by atoms with E-state index in [2.05, 4.69) is 18.1 Å². The van der Waals surface area contributed by atoms with Crippen LogP contribution >= 0.6 is 0 Å². The van der Waals surface area contributed by atoms with Gasteiger partial charge in [-0.25, -0.2) is 0 Å². The average molecular weight is 289 g/mol. The minimum atomic E-state index is -0.987. The maximum Gasteiger partial charge on any atom is 0.240 e. The van der Waals surface area contributed by atoms with Gasteiger partial charge >= 0.3 is 0 Å². The maximum atomic E-state index is 13.0. The van der Waals surface area contributed by atoms with Gasteiger partial charge in [-0.05, 0) is 37.3 Å². The van der Waals surface area contributed by atoms with E-state index in [1.165, 1.54) is 5.56 Å². The van der Waals surface area contributed by atoms with Crippen molar-refractivity contribution in [2.75, 3.05) is 11.4 Å². The van der Waals surface area contributed by atoms with Crippen LogP contribution in [0, 0.1) is 11.3 Å². The molecule has 2 rings (SSSR count). The maximum absolute atomic E-state index is 13.0. The minimum Gasteiger partial charge on any atom is -0.409 e. The number of amides is 1. The molecular formula is C16H23N3O2. The second kappa shape index (κ2) is 5.76. The number of nitrogens with two attached hydrogens (primary N) is 1. The van der Waals surface area contributed by atoms with Crippen LogP contribution in [-0.2, 0) is 11.2 Å². The van der Waals surface area contributed by atoms with Crippen molar-refractivity contribution in [2.45, 2.75) is 33.6 Å². The highest BCUT2D eigenvalue weighted by atomic mass is 16.4. The van der Waals surface area contributed by atoms with Crippen LogP contribution in [0.4, 0.5) is 5.69 Å². The molecule has 1 amide bonds. The molecule has 21 heavy (non-hydrogen) atoms. The number of para-hydroxylation sites is 1. The molecule has 0 aromatic heterocycles. The molecule has 0 spiro atoms. The Kier molecular flexibility index (Phi) is 4.21. The summed E-state index contributed by atoms with van der Waals surface area (Å²) in [5, 5.41) is 12.1. The van der Waals surface area contributed by atoms with Crippen molar-refractivity contribution in [2.24, 2.45) is 22.2 Å². The van der Waals surface area contributed by atoms with Crippen LogP contribution in [-0.4, -0.2) is 23.5 Å². The Hall–Kier alpha value is -2.04. The molecule has 1 aliphatic rings. The quantitative estimate of drug-likeness (QED) is 0.388. The molecule has 0 fully saturated rings. The predicted molar refractivity (Wildman–Crippen MR) is 83.5 cm³/mol. The van der Waals surface area contributed by atoms with E-state index in [1.807, 2.05) is 25.1 Å². The van der Waals surface area contributed by atoms with E-state index < -0.39 is 5.41 Å². The number of carbonyl (C=O) groups is 1. The van der Waals surface area contributed by atoms with Crippen LogP contribution in [0.2, 0.25) is 0 Å². The molecule has 2 unspecified atom stereocenters.